The average Bonchev–Trinajstić information content (AvgIpc) is 3.29. The number of pyridine rings is 1. The molecule has 0 radical (unpaired) electrons. The fraction of sp³-hybridized carbons (Fsp3) is 0. The molecule has 4 aromatic carbocycles. The molecule has 0 aliphatic heterocycles. The van der Waals surface area contributed by atoms with E-state index in [1.54, 1.807) is 0 Å². The highest BCUT2D eigenvalue weighted by atomic mass is 35.5. The van der Waals surface area contributed by atoms with Crippen LogP contribution in [-0.2, 0) is 39.7 Å². The number of azo groups is 2. The Kier molecular flexibility index (Phi) is 15.2. The van der Waals surface area contributed by atoms with Crippen molar-refractivity contribution in [2.24, 2.45) is 26.2 Å². The van der Waals surface area contributed by atoms with Gasteiger partial charge in [-0.15, -0.1) is 34.2 Å². The summed E-state index contributed by atoms with van der Waals surface area (Å²) < 4.78 is 123. The van der Waals surface area contributed by atoms with E-state index >= 15 is 0 Å². The summed E-state index contributed by atoms with van der Waals surface area (Å²) in [5.41, 5.74) is 14.8. The number of rotatable bonds is 18. The van der Waals surface area contributed by atoms with Crippen LogP contribution in [0.1, 0.15) is 10.4 Å². The molecule has 0 aliphatic carbocycles. The molecule has 0 unspecified atom stereocenters. The second-order valence-corrected chi connectivity index (χ2v) is 19.0. The summed E-state index contributed by atoms with van der Waals surface area (Å²) in [5.74, 6) is -1.83. The Morgan fingerprint density at radius 3 is 1.89 bits per heavy atom. The van der Waals surface area contributed by atoms with Crippen LogP contribution in [0.25, 0.3) is 5.95 Å². The Morgan fingerprint density at radius 2 is 1.26 bits per heavy atom. The van der Waals surface area contributed by atoms with Gasteiger partial charge in [-0.05, 0) is 100 Å². The minimum Gasteiger partial charge on any atom is -0.396 e. The molecule has 7 rings (SSSR count). The van der Waals surface area contributed by atoms with Crippen LogP contribution in [-0.4, -0.2) is 80.0 Å². The first-order chi connectivity index (χ1) is 33.9. The average molecular weight is 1090 g/mol. The van der Waals surface area contributed by atoms with Crippen LogP contribution in [0, 0.1) is 6.08 Å². The Labute approximate surface area is 411 Å². The van der Waals surface area contributed by atoms with Crippen LogP contribution in [0.5, 0.6) is 0 Å². The summed E-state index contributed by atoms with van der Waals surface area (Å²) >= 11 is 6.48. The first kappa shape index (κ1) is 51.7. The fourth-order valence-electron chi connectivity index (χ4n) is 5.78. The molecule has 36 heteroatoms. The minimum atomic E-state index is -5.22. The smallest absolute Gasteiger partial charge is 0.396 e. The number of primary amides is 1. The molecule has 72 heavy (non-hydrogen) atoms. The number of carbonyl (C=O) groups excluding carboxylic acids is 1. The van der Waals surface area contributed by atoms with Gasteiger partial charge in [-0.1, -0.05) is 5.04 Å². The monoisotopic (exact) mass is 1090 g/mol. The quantitative estimate of drug-likeness (QED) is 0.00948. The van der Waals surface area contributed by atoms with E-state index in [9.17, 15) is 48.1 Å². The van der Waals surface area contributed by atoms with Gasteiger partial charge in [0.2, 0.25) is 17.2 Å². The topological polar surface area (TPSA) is 464 Å². The van der Waals surface area contributed by atoms with Crippen molar-refractivity contribution < 1.29 is 67.3 Å². The third kappa shape index (κ3) is 12.8. The Bertz CT molecular complexity index is 3700. The number of anilines is 8. The molecule has 372 valence electrons. The lowest BCUT2D eigenvalue weighted by atomic mass is 10.2. The van der Waals surface area contributed by atoms with Crippen molar-refractivity contribution in [2.45, 2.75) is 19.6 Å². The van der Waals surface area contributed by atoms with Crippen molar-refractivity contribution in [3.63, 3.8) is 0 Å². The number of benzene rings is 4. The molecule has 30 nitrogen and oxygen atoms in total. The highest BCUT2D eigenvalue weighted by molar-refractivity contribution is 7.94. The van der Waals surface area contributed by atoms with E-state index in [2.05, 4.69) is 75.7 Å². The molecule has 3 aromatic heterocycles. The number of nitrogens with two attached hydrogens (primary N) is 3. The molecule has 0 aliphatic rings. The second kappa shape index (κ2) is 21.1. The molecule has 3 heterocycles. The van der Waals surface area contributed by atoms with Gasteiger partial charge in [0.15, 0.2) is 0 Å². The van der Waals surface area contributed by atoms with Crippen molar-refractivity contribution in [2.75, 3.05) is 27.4 Å². The third-order valence-electron chi connectivity index (χ3n) is 8.91. The van der Waals surface area contributed by atoms with Crippen molar-refractivity contribution >= 4 is 129 Å². The summed E-state index contributed by atoms with van der Waals surface area (Å²) in [5, 5.41) is 36.2. The van der Waals surface area contributed by atoms with Crippen molar-refractivity contribution in [1.82, 2.24) is 29.9 Å². The number of nitrogens with zero attached hydrogens (tertiary/aromatic N) is 11. The van der Waals surface area contributed by atoms with Crippen molar-refractivity contribution in [1.29, 1.82) is 0 Å². The Balaban J connectivity index is 1.22. The molecule has 0 spiro atoms. The molecule has 7 aromatic rings. The fourth-order valence-corrected chi connectivity index (χ4v) is 8.07. The third-order valence-corrected chi connectivity index (χ3v) is 12.4. The van der Waals surface area contributed by atoms with E-state index < -0.39 is 80.6 Å². The number of amides is 1. The summed E-state index contributed by atoms with van der Waals surface area (Å²) in [6.07, 6.45) is 1.42. The van der Waals surface area contributed by atoms with Gasteiger partial charge in [-0.25, -0.2) is 9.82 Å². The number of nitrogens with one attached hydrogen (secondary N) is 3. The first-order valence-corrected chi connectivity index (χ1v) is 24.4. The molecular formula is C36H28ClFN17O13S4+. The molecule has 0 atom stereocenters. The van der Waals surface area contributed by atoms with Gasteiger partial charge >= 0.3 is 18.0 Å². The van der Waals surface area contributed by atoms with Crippen LogP contribution in [0.15, 0.2) is 131 Å². The van der Waals surface area contributed by atoms with E-state index in [-0.39, 0.29) is 67.2 Å². The molecule has 0 saturated carbocycles. The zero-order chi connectivity index (χ0) is 52.1. The molecule has 0 saturated heterocycles. The van der Waals surface area contributed by atoms with Crippen LogP contribution in [0.2, 0.25) is 5.28 Å². The Hall–Kier alpha value is -8.10. The van der Waals surface area contributed by atoms with Gasteiger partial charge in [0.25, 0.3) is 36.3 Å². The van der Waals surface area contributed by atoms with E-state index in [1.165, 1.54) is 59.4 Å². The molecule has 1 amide bonds. The van der Waals surface area contributed by atoms with Gasteiger partial charge in [0, 0.05) is 17.1 Å². The van der Waals surface area contributed by atoms with E-state index in [4.69, 9.17) is 34.1 Å². The molecular weight excluding hydrogens is 1060 g/mol. The maximum atomic E-state index is 14.7. The van der Waals surface area contributed by atoms with E-state index in [1.807, 2.05) is 0 Å². The first-order valence-electron chi connectivity index (χ1n) is 18.9. The predicted octanol–water partition coefficient (Wildman–Crippen LogP) is 5.62. The normalized spacial score (nSPS) is 12.1. The second-order valence-electron chi connectivity index (χ2n) is 13.7. The summed E-state index contributed by atoms with van der Waals surface area (Å²) in [4.78, 5) is 32.9. The van der Waals surface area contributed by atoms with Gasteiger partial charge in [0.1, 0.15) is 32.5 Å². The lowest BCUT2D eigenvalue weighted by Crippen LogP contribution is -2.35. The largest absolute Gasteiger partial charge is 0.445 e. The van der Waals surface area contributed by atoms with Crippen molar-refractivity contribution in [3.05, 3.63) is 108 Å². The number of halogens is 2. The number of hydrogen-bond donors (Lipinski definition) is 10. The maximum Gasteiger partial charge on any atom is 0.445 e. The number of nitrogen functional groups attached to an aromatic ring is 2. The standard InChI is InChI=1S/C36H27ClFN17O13S4/c37-31-45-33(42-17-3-7-20(8-4-17)70(58,59)60)49-34(46-31)43-19-6-10-25(71(61,62)63)22(13-19)52-53-23-14-26(72(64,65)66)28(40)29(27(23)39)54-51-21-12-18(5-9-24(21)69-68-67-57)44-35-47-32(38)48-36(50-35)55-11-1-2-16(15-55)30(41)56/h1-15H,39-40H2,(H8-,41,42,43,44,45,46,47,48,49,50,56,57,58,59,60,61,62,63,64,65,66)/p+1. The molecule has 0 fully saturated rings. The molecule has 13 N–H and O–H groups in total. The SMILES string of the molecule is NC(=O)c1ccc[n+](-c2nc(F)nc(Nc3ccc(SOOO)c(N=Nc4c(N)c(N=Nc5cc(Nc6nc(Cl)nc(Nc7ccc(S(=O)(=O)O)cc7)n6)ccc5S(=O)(=O)O)cc(S(=O)(=O)O)c4N)c3)n2)c1. The summed E-state index contributed by atoms with van der Waals surface area (Å²) in [6.45, 7) is 0. The minimum absolute atomic E-state index is 0.0172. The van der Waals surface area contributed by atoms with Crippen LogP contribution in [0.4, 0.5) is 73.4 Å². The lowest BCUT2D eigenvalue weighted by Gasteiger charge is -2.12. The lowest BCUT2D eigenvalue weighted by molar-refractivity contribution is -0.604. The van der Waals surface area contributed by atoms with Crippen LogP contribution < -0.4 is 37.7 Å². The van der Waals surface area contributed by atoms with Gasteiger partial charge < -0.3 is 33.2 Å². The number of carbonyl (C=O) groups is 1. The van der Waals surface area contributed by atoms with Gasteiger partial charge in [-0.3, -0.25) is 18.5 Å². The zero-order valence-electron chi connectivity index (χ0n) is 35.2. The van der Waals surface area contributed by atoms with Crippen LogP contribution in [0.3, 0.4) is 0 Å². The highest BCUT2D eigenvalue weighted by Gasteiger charge is 2.25. The zero-order valence-corrected chi connectivity index (χ0v) is 39.2. The van der Waals surface area contributed by atoms with E-state index in [0.717, 1.165) is 30.3 Å². The van der Waals surface area contributed by atoms with Gasteiger partial charge in [0.05, 0.1) is 51.2 Å². The number of hydrogen-bond acceptors (Lipinski definition) is 26. The summed E-state index contributed by atoms with van der Waals surface area (Å²) in [7, 11) is -14.8. The van der Waals surface area contributed by atoms with Gasteiger partial charge in [-0.2, -0.15) is 40.2 Å². The summed E-state index contributed by atoms with van der Waals surface area (Å²) in [6, 6.07) is 15.3. The van der Waals surface area contributed by atoms with Crippen LogP contribution >= 0.6 is 23.6 Å². The van der Waals surface area contributed by atoms with Crippen molar-refractivity contribution in [3.8, 4) is 5.95 Å². The molecule has 0 bridgehead atoms. The van der Waals surface area contributed by atoms with E-state index in [0.29, 0.717) is 18.1 Å². The maximum absolute atomic E-state index is 14.7. The highest BCUT2D eigenvalue weighted by Crippen LogP contribution is 2.44. The predicted molar refractivity (Wildman–Crippen MR) is 248 cm³/mol. The Morgan fingerprint density at radius 1 is 0.681 bits per heavy atom. The number of aromatic nitrogens is 7.